The van der Waals surface area contributed by atoms with Gasteiger partial charge in [-0.25, -0.2) is 0 Å². The van der Waals surface area contributed by atoms with E-state index in [9.17, 15) is 0 Å². The number of hydrogen-bond acceptors (Lipinski definition) is 0. The van der Waals surface area contributed by atoms with Crippen LogP contribution >= 0.6 is 0 Å². The molecule has 1 nitrogen and oxygen atoms in total. The Morgan fingerprint density at radius 1 is 1.25 bits per heavy atom. The molecule has 1 heteroatoms. The minimum Gasteiger partial charge on any atom is -0.329 e. The molecule has 0 aliphatic rings. The van der Waals surface area contributed by atoms with Crippen LogP contribution in [-0.4, -0.2) is 31.7 Å². The molecule has 0 amide bonds. The van der Waals surface area contributed by atoms with Crippen molar-refractivity contribution in [3.8, 4) is 0 Å². The molecule has 0 aromatic carbocycles. The Hall–Kier alpha value is -0.0400. The summed E-state index contributed by atoms with van der Waals surface area (Å²) in [7, 11) is 6.69. The van der Waals surface area contributed by atoms with Crippen LogP contribution in [0.4, 0.5) is 0 Å². The van der Waals surface area contributed by atoms with Crippen molar-refractivity contribution in [3.63, 3.8) is 0 Å². The molecule has 0 radical (unpaired) electrons. The lowest BCUT2D eigenvalue weighted by Gasteiger charge is -2.30. The molecule has 0 bridgehead atoms. The zero-order valence-corrected chi connectivity index (χ0v) is 6.73. The predicted molar refractivity (Wildman–Crippen MR) is 37.8 cm³/mol. The zero-order valence-electron chi connectivity index (χ0n) is 6.73. The molecule has 0 aromatic heterocycles. The summed E-state index contributed by atoms with van der Waals surface area (Å²) < 4.78 is 1.08. The molecular weight excluding hydrogens is 98.1 g/mol. The first-order chi connectivity index (χ1) is 3.48. The van der Waals surface area contributed by atoms with E-state index >= 15 is 0 Å². The van der Waals surface area contributed by atoms with Crippen molar-refractivity contribution in [1.82, 2.24) is 0 Å². The molecule has 0 heterocycles. The van der Waals surface area contributed by atoms with Gasteiger partial charge in [0.2, 0.25) is 0 Å². The highest BCUT2D eigenvalue weighted by Crippen LogP contribution is 2.04. The van der Waals surface area contributed by atoms with Crippen LogP contribution in [0.1, 0.15) is 20.3 Å². The average molecular weight is 116 g/mol. The van der Waals surface area contributed by atoms with E-state index < -0.39 is 0 Å². The van der Waals surface area contributed by atoms with Gasteiger partial charge in [-0.1, -0.05) is 6.92 Å². The summed E-state index contributed by atoms with van der Waals surface area (Å²) in [5, 5.41) is 0. The smallest absolute Gasteiger partial charge is 0.0852 e. The quantitative estimate of drug-likeness (QED) is 0.479. The fourth-order valence-electron chi connectivity index (χ4n) is 0.548. The molecule has 0 aliphatic carbocycles. The Balaban J connectivity index is 3.62. The monoisotopic (exact) mass is 116 g/mol. The van der Waals surface area contributed by atoms with Crippen LogP contribution < -0.4 is 0 Å². The van der Waals surface area contributed by atoms with E-state index in [2.05, 4.69) is 35.0 Å². The maximum atomic E-state index is 2.28. The van der Waals surface area contributed by atoms with E-state index in [1.165, 1.54) is 6.42 Å². The van der Waals surface area contributed by atoms with Gasteiger partial charge >= 0.3 is 0 Å². The van der Waals surface area contributed by atoms with Crippen molar-refractivity contribution in [2.75, 3.05) is 21.1 Å². The molecule has 0 rings (SSSR count). The maximum absolute atomic E-state index is 2.28. The molecule has 0 N–H and O–H groups in total. The fourth-order valence-corrected chi connectivity index (χ4v) is 0.548. The summed E-state index contributed by atoms with van der Waals surface area (Å²) in [6.45, 7) is 4.51. The standard InChI is InChI=1S/C7H18N/c1-6-7(2)8(3,4)5/h7H,6H2,1-5H3/q+1. The molecule has 0 spiro atoms. The van der Waals surface area contributed by atoms with Crippen LogP contribution in [0.3, 0.4) is 0 Å². The molecule has 0 aromatic rings. The lowest BCUT2D eigenvalue weighted by molar-refractivity contribution is -0.894. The summed E-state index contributed by atoms with van der Waals surface area (Å²) in [5.74, 6) is 0. The van der Waals surface area contributed by atoms with E-state index in [0.717, 1.165) is 10.5 Å². The second kappa shape index (κ2) is 2.49. The first-order valence-corrected chi connectivity index (χ1v) is 3.29. The Morgan fingerprint density at radius 3 is 1.62 bits per heavy atom. The molecule has 50 valence electrons. The van der Waals surface area contributed by atoms with Crippen LogP contribution in [0.5, 0.6) is 0 Å². The number of quaternary nitrogens is 1. The lowest BCUT2D eigenvalue weighted by Crippen LogP contribution is -2.42. The Kier molecular flexibility index (Phi) is 2.48. The highest BCUT2D eigenvalue weighted by atomic mass is 15.3. The van der Waals surface area contributed by atoms with E-state index in [-0.39, 0.29) is 0 Å². The highest BCUT2D eigenvalue weighted by molar-refractivity contribution is 4.41. The third-order valence-electron chi connectivity index (χ3n) is 1.91. The topological polar surface area (TPSA) is 0 Å². The van der Waals surface area contributed by atoms with Crippen molar-refractivity contribution in [1.29, 1.82) is 0 Å². The second-order valence-corrected chi connectivity index (χ2v) is 3.37. The van der Waals surface area contributed by atoms with E-state index in [1.807, 2.05) is 0 Å². The highest BCUT2D eigenvalue weighted by Gasteiger charge is 2.14. The molecule has 0 aliphatic heterocycles. The second-order valence-electron chi connectivity index (χ2n) is 3.37. The van der Waals surface area contributed by atoms with Gasteiger partial charge < -0.3 is 4.48 Å². The third kappa shape index (κ3) is 2.31. The van der Waals surface area contributed by atoms with Crippen molar-refractivity contribution in [3.05, 3.63) is 0 Å². The molecule has 0 saturated heterocycles. The van der Waals surface area contributed by atoms with Crippen molar-refractivity contribution < 1.29 is 4.48 Å². The molecular formula is C7H18N+. The largest absolute Gasteiger partial charge is 0.329 e. The van der Waals surface area contributed by atoms with Gasteiger partial charge in [0.15, 0.2) is 0 Å². The summed E-state index contributed by atoms with van der Waals surface area (Å²) >= 11 is 0. The van der Waals surface area contributed by atoms with E-state index in [0.29, 0.717) is 0 Å². The minimum absolute atomic E-state index is 0.787. The fraction of sp³-hybridized carbons (Fsp3) is 1.00. The first kappa shape index (κ1) is 7.96. The van der Waals surface area contributed by atoms with Gasteiger partial charge in [0, 0.05) is 0 Å². The summed E-state index contributed by atoms with van der Waals surface area (Å²) in [5.41, 5.74) is 0. The number of hydrogen-bond donors (Lipinski definition) is 0. The van der Waals surface area contributed by atoms with Crippen LogP contribution in [0.15, 0.2) is 0 Å². The van der Waals surface area contributed by atoms with Gasteiger partial charge in [-0.3, -0.25) is 0 Å². The van der Waals surface area contributed by atoms with Gasteiger partial charge in [0.25, 0.3) is 0 Å². The van der Waals surface area contributed by atoms with Crippen LogP contribution in [0.2, 0.25) is 0 Å². The predicted octanol–water partition coefficient (Wildman–Crippen LogP) is 1.49. The summed E-state index contributed by atoms with van der Waals surface area (Å²) in [6, 6.07) is 0.787. The average Bonchev–Trinajstić information content (AvgIpc) is 1.62. The summed E-state index contributed by atoms with van der Waals surface area (Å²) in [6.07, 6.45) is 1.27. The molecule has 0 fully saturated rings. The van der Waals surface area contributed by atoms with Crippen LogP contribution in [-0.2, 0) is 0 Å². The van der Waals surface area contributed by atoms with Crippen LogP contribution in [0.25, 0.3) is 0 Å². The van der Waals surface area contributed by atoms with Gasteiger partial charge in [-0.15, -0.1) is 0 Å². The molecule has 1 atom stereocenters. The van der Waals surface area contributed by atoms with Crippen molar-refractivity contribution >= 4 is 0 Å². The minimum atomic E-state index is 0.787. The third-order valence-corrected chi connectivity index (χ3v) is 1.91. The molecule has 8 heavy (non-hydrogen) atoms. The summed E-state index contributed by atoms with van der Waals surface area (Å²) in [4.78, 5) is 0. The normalized spacial score (nSPS) is 16.1. The number of nitrogens with zero attached hydrogens (tertiary/aromatic N) is 1. The molecule has 0 saturated carbocycles. The van der Waals surface area contributed by atoms with E-state index in [1.54, 1.807) is 0 Å². The number of rotatable bonds is 2. The van der Waals surface area contributed by atoms with Gasteiger partial charge in [-0.05, 0) is 13.3 Å². The first-order valence-electron chi connectivity index (χ1n) is 3.29. The Morgan fingerprint density at radius 2 is 1.62 bits per heavy atom. The van der Waals surface area contributed by atoms with Crippen molar-refractivity contribution in [2.24, 2.45) is 0 Å². The van der Waals surface area contributed by atoms with Crippen LogP contribution in [0, 0.1) is 0 Å². The SMILES string of the molecule is CCC(C)[N+](C)(C)C. The maximum Gasteiger partial charge on any atom is 0.0852 e. The zero-order chi connectivity index (χ0) is 6.78. The van der Waals surface area contributed by atoms with Gasteiger partial charge in [-0.2, -0.15) is 0 Å². The lowest BCUT2D eigenvalue weighted by atomic mass is 10.2. The van der Waals surface area contributed by atoms with Crippen molar-refractivity contribution in [2.45, 2.75) is 26.3 Å². The molecule has 1 unspecified atom stereocenters. The Bertz CT molecular complexity index is 61.3. The van der Waals surface area contributed by atoms with E-state index in [4.69, 9.17) is 0 Å². The van der Waals surface area contributed by atoms with Gasteiger partial charge in [0.05, 0.1) is 27.2 Å². The van der Waals surface area contributed by atoms with Gasteiger partial charge in [0.1, 0.15) is 0 Å². The Labute approximate surface area is 52.9 Å².